The van der Waals surface area contributed by atoms with Gasteiger partial charge in [-0.2, -0.15) is 0 Å². The molecule has 112 valence electrons. The van der Waals surface area contributed by atoms with E-state index in [1.165, 1.54) is 10.6 Å². The quantitative estimate of drug-likeness (QED) is 0.851. The third-order valence-electron chi connectivity index (χ3n) is 3.79. The molecule has 1 unspecified atom stereocenters. The molecule has 0 amide bonds. The Balaban J connectivity index is 2.20. The largest absolute Gasteiger partial charge is 0.478 e. The number of hydrogen-bond acceptors (Lipinski definition) is 4. The van der Waals surface area contributed by atoms with Crippen LogP contribution in [-0.2, 0) is 9.84 Å². The van der Waals surface area contributed by atoms with E-state index in [4.69, 9.17) is 5.11 Å². The van der Waals surface area contributed by atoms with Crippen molar-refractivity contribution in [2.75, 3.05) is 11.5 Å². The van der Waals surface area contributed by atoms with Gasteiger partial charge in [0.1, 0.15) is 0 Å². The summed E-state index contributed by atoms with van der Waals surface area (Å²) in [5.41, 5.74) is 0.197. The fraction of sp³-hybridized carbons (Fsp3) is 0.385. The Morgan fingerprint density at radius 3 is 2.81 bits per heavy atom. The minimum atomic E-state index is -3.16. The monoisotopic (exact) mass is 310 g/mol. The molecule has 1 atom stereocenters. The molecule has 1 fully saturated rings. The minimum absolute atomic E-state index is 0.00187. The van der Waals surface area contributed by atoms with Gasteiger partial charge in [-0.25, -0.2) is 18.0 Å². The minimum Gasteiger partial charge on any atom is -0.478 e. The number of rotatable bonds is 2. The van der Waals surface area contributed by atoms with Crippen LogP contribution in [0, 0.1) is 0 Å². The number of para-hydroxylation sites is 1. The fourth-order valence-corrected chi connectivity index (χ4v) is 4.57. The number of carboxylic acid groups (broad SMARTS) is 1. The van der Waals surface area contributed by atoms with Crippen molar-refractivity contribution < 1.29 is 18.3 Å². The van der Waals surface area contributed by atoms with Crippen molar-refractivity contribution in [3.63, 3.8) is 0 Å². The van der Waals surface area contributed by atoms with Crippen LogP contribution in [0.5, 0.6) is 0 Å². The lowest BCUT2D eigenvalue weighted by atomic mass is 10.1. The van der Waals surface area contributed by atoms with Crippen LogP contribution in [0.15, 0.2) is 23.0 Å². The Morgan fingerprint density at radius 2 is 2.14 bits per heavy atom. The van der Waals surface area contributed by atoms with Crippen LogP contribution >= 0.6 is 0 Å². The number of benzene rings is 1. The molecule has 3 rings (SSSR count). The zero-order chi connectivity index (χ0) is 15.2. The molecule has 7 nitrogen and oxygen atoms in total. The van der Waals surface area contributed by atoms with E-state index >= 15 is 0 Å². The van der Waals surface area contributed by atoms with Gasteiger partial charge < -0.3 is 10.1 Å². The zero-order valence-electron chi connectivity index (χ0n) is 11.1. The van der Waals surface area contributed by atoms with Crippen LogP contribution in [0.4, 0.5) is 0 Å². The van der Waals surface area contributed by atoms with E-state index in [2.05, 4.69) is 4.98 Å². The zero-order valence-corrected chi connectivity index (χ0v) is 11.9. The molecule has 1 aromatic carbocycles. The fourth-order valence-electron chi connectivity index (χ4n) is 2.89. The molecule has 0 saturated carbocycles. The third-order valence-corrected chi connectivity index (χ3v) is 5.59. The van der Waals surface area contributed by atoms with E-state index < -0.39 is 27.5 Å². The van der Waals surface area contributed by atoms with Gasteiger partial charge in [-0.1, -0.05) is 6.07 Å². The normalized spacial score (nSPS) is 21.4. The van der Waals surface area contributed by atoms with E-state index in [1.807, 2.05) is 0 Å². The molecule has 8 heteroatoms. The molecule has 2 aromatic rings. The van der Waals surface area contributed by atoms with Gasteiger partial charge in [-0.15, -0.1) is 0 Å². The Kier molecular flexibility index (Phi) is 3.12. The van der Waals surface area contributed by atoms with Crippen molar-refractivity contribution in [2.45, 2.75) is 18.9 Å². The van der Waals surface area contributed by atoms with Crippen molar-refractivity contribution in [1.82, 2.24) is 9.55 Å². The predicted molar refractivity (Wildman–Crippen MR) is 76.4 cm³/mol. The lowest BCUT2D eigenvalue weighted by Crippen LogP contribution is -2.32. The summed E-state index contributed by atoms with van der Waals surface area (Å²) in [5.74, 6) is -1.08. The molecule has 1 saturated heterocycles. The number of carboxylic acids is 1. The van der Waals surface area contributed by atoms with Crippen LogP contribution in [0.3, 0.4) is 0 Å². The average Bonchev–Trinajstić information content (AvgIpc) is 2.72. The standard InChI is InChI=1S/C13H14N2O5S/c16-12(17)9-4-1-5-10-11(9)14-13(18)15(10)8-3-2-6-21(19,20)7-8/h1,4-5,8H,2-3,6-7H2,(H,14,18)(H,16,17). The van der Waals surface area contributed by atoms with E-state index in [0.717, 1.165) is 0 Å². The summed E-state index contributed by atoms with van der Waals surface area (Å²) in [6, 6.07) is 4.13. The highest BCUT2D eigenvalue weighted by Gasteiger charge is 2.28. The summed E-state index contributed by atoms with van der Waals surface area (Å²) < 4.78 is 24.9. The van der Waals surface area contributed by atoms with Gasteiger partial charge in [-0.3, -0.25) is 4.57 Å². The summed E-state index contributed by atoms with van der Waals surface area (Å²) in [7, 11) is -3.16. The number of hydrogen-bond donors (Lipinski definition) is 2. The van der Waals surface area contributed by atoms with E-state index in [9.17, 15) is 18.0 Å². The summed E-state index contributed by atoms with van der Waals surface area (Å²) in [4.78, 5) is 25.9. The summed E-state index contributed by atoms with van der Waals surface area (Å²) >= 11 is 0. The second kappa shape index (κ2) is 4.73. The van der Waals surface area contributed by atoms with Crippen LogP contribution in [-0.4, -0.2) is 40.6 Å². The highest BCUT2D eigenvalue weighted by atomic mass is 32.2. The number of sulfone groups is 1. The van der Waals surface area contributed by atoms with Crippen molar-refractivity contribution in [1.29, 1.82) is 0 Å². The highest BCUT2D eigenvalue weighted by molar-refractivity contribution is 7.91. The Labute approximate surface area is 120 Å². The number of aromatic carboxylic acids is 1. The predicted octanol–water partition coefficient (Wildman–Crippen LogP) is 0.777. The summed E-state index contributed by atoms with van der Waals surface area (Å²) in [5, 5.41) is 9.15. The molecule has 1 aliphatic rings. The smallest absolute Gasteiger partial charge is 0.337 e. The number of aromatic amines is 1. The highest BCUT2D eigenvalue weighted by Crippen LogP contribution is 2.26. The molecule has 0 bridgehead atoms. The molecular formula is C13H14N2O5S. The summed E-state index contributed by atoms with van der Waals surface area (Å²) in [6.45, 7) is 0. The first-order chi connectivity index (χ1) is 9.89. The average molecular weight is 310 g/mol. The topological polar surface area (TPSA) is 109 Å². The van der Waals surface area contributed by atoms with Gasteiger partial charge in [-0.05, 0) is 25.0 Å². The molecule has 21 heavy (non-hydrogen) atoms. The van der Waals surface area contributed by atoms with E-state index in [-0.39, 0.29) is 22.6 Å². The maximum atomic E-state index is 12.1. The van der Waals surface area contributed by atoms with Crippen molar-refractivity contribution in [3.8, 4) is 0 Å². The lowest BCUT2D eigenvalue weighted by molar-refractivity contribution is 0.0699. The number of nitrogens with zero attached hydrogens (tertiary/aromatic N) is 1. The molecule has 1 aliphatic heterocycles. The maximum Gasteiger partial charge on any atom is 0.337 e. The van der Waals surface area contributed by atoms with Gasteiger partial charge in [0.05, 0.1) is 34.1 Å². The Bertz CT molecular complexity index is 878. The second-order valence-corrected chi connectivity index (χ2v) is 7.44. The molecule has 1 aromatic heterocycles. The number of carbonyl (C=O) groups is 1. The Morgan fingerprint density at radius 1 is 1.38 bits per heavy atom. The van der Waals surface area contributed by atoms with Crippen molar-refractivity contribution in [2.24, 2.45) is 0 Å². The van der Waals surface area contributed by atoms with Crippen LogP contribution in [0.1, 0.15) is 29.2 Å². The molecule has 0 spiro atoms. The van der Waals surface area contributed by atoms with Gasteiger partial charge in [0, 0.05) is 0 Å². The van der Waals surface area contributed by atoms with Crippen LogP contribution in [0.2, 0.25) is 0 Å². The number of nitrogens with one attached hydrogen (secondary N) is 1. The third kappa shape index (κ3) is 2.35. The molecule has 2 heterocycles. The first kappa shape index (κ1) is 13.9. The molecule has 0 aliphatic carbocycles. The van der Waals surface area contributed by atoms with Gasteiger partial charge in [0.25, 0.3) is 0 Å². The van der Waals surface area contributed by atoms with Gasteiger partial charge in [0.15, 0.2) is 9.84 Å². The van der Waals surface area contributed by atoms with Gasteiger partial charge in [0.2, 0.25) is 0 Å². The Hall–Kier alpha value is -2.09. The number of H-pyrrole nitrogens is 1. The van der Waals surface area contributed by atoms with Crippen LogP contribution in [0.25, 0.3) is 11.0 Å². The SMILES string of the molecule is O=C(O)c1cccc2c1[nH]c(=O)n2C1CCCS(=O)(=O)C1. The van der Waals surface area contributed by atoms with Crippen LogP contribution < -0.4 is 5.69 Å². The maximum absolute atomic E-state index is 12.1. The summed E-state index contributed by atoms with van der Waals surface area (Å²) in [6.07, 6.45) is 1.09. The number of aromatic nitrogens is 2. The van der Waals surface area contributed by atoms with Crippen molar-refractivity contribution >= 4 is 26.8 Å². The van der Waals surface area contributed by atoms with E-state index in [0.29, 0.717) is 18.4 Å². The molecular weight excluding hydrogens is 296 g/mol. The van der Waals surface area contributed by atoms with Gasteiger partial charge >= 0.3 is 11.7 Å². The van der Waals surface area contributed by atoms with Crippen molar-refractivity contribution in [3.05, 3.63) is 34.2 Å². The lowest BCUT2D eigenvalue weighted by Gasteiger charge is -2.23. The first-order valence-electron chi connectivity index (χ1n) is 6.56. The number of imidazole rings is 1. The molecule has 0 radical (unpaired) electrons. The van der Waals surface area contributed by atoms with E-state index in [1.54, 1.807) is 12.1 Å². The second-order valence-electron chi connectivity index (χ2n) is 5.22. The number of fused-ring (bicyclic) bond motifs is 1. The first-order valence-corrected chi connectivity index (χ1v) is 8.38. The molecule has 2 N–H and O–H groups in total.